The van der Waals surface area contributed by atoms with Crippen LogP contribution in [0.15, 0.2) is 134 Å². The van der Waals surface area contributed by atoms with E-state index in [0.717, 1.165) is 71.8 Å². The quantitative estimate of drug-likeness (QED) is 0.0797. The number of benzene rings is 4. The molecule has 0 spiro atoms. The van der Waals surface area contributed by atoms with E-state index in [-0.39, 0.29) is 20.1 Å². The van der Waals surface area contributed by atoms with Crippen molar-refractivity contribution in [1.82, 2.24) is 44.8 Å². The van der Waals surface area contributed by atoms with Gasteiger partial charge >= 0.3 is 0 Å². The van der Waals surface area contributed by atoms with Crippen LogP contribution in [0.3, 0.4) is 0 Å². The van der Waals surface area contributed by atoms with Gasteiger partial charge in [0.05, 0.1) is 7.05 Å². The van der Waals surface area contributed by atoms with Gasteiger partial charge in [0.2, 0.25) is 0 Å². The molecule has 0 saturated heterocycles. The molecular weight excluding hydrogens is 929 g/mol. The summed E-state index contributed by atoms with van der Waals surface area (Å²) in [6, 6.07) is 42.6. The number of aromatic nitrogens is 10. The molecule has 0 unspecified atom stereocenters. The van der Waals surface area contributed by atoms with Crippen LogP contribution in [0.4, 0.5) is 34.6 Å². The second-order valence-corrected chi connectivity index (χ2v) is 13.8. The van der Waals surface area contributed by atoms with E-state index in [1.54, 1.807) is 38.8 Å². The number of fused-ring (bicyclic) bond motifs is 2. The Morgan fingerprint density at radius 3 is 1.67 bits per heavy atom. The number of hydrogen-bond donors (Lipinski definition) is 0. The molecule has 4 aromatic heterocycles. The van der Waals surface area contributed by atoms with Gasteiger partial charge in [0, 0.05) is 56.7 Å². The summed E-state index contributed by atoms with van der Waals surface area (Å²) in [5.74, 6) is 3.40. The van der Waals surface area contributed by atoms with Crippen LogP contribution in [-0.2, 0) is 40.2 Å². The minimum absolute atomic E-state index is 0. The van der Waals surface area contributed by atoms with Crippen molar-refractivity contribution in [2.24, 2.45) is 7.05 Å². The zero-order valence-electron chi connectivity index (χ0n) is 32.7. The molecule has 6 heterocycles. The first-order valence-electron chi connectivity index (χ1n) is 19.3. The van der Waals surface area contributed by atoms with Crippen molar-refractivity contribution in [2.45, 2.75) is 25.9 Å². The summed E-state index contributed by atoms with van der Waals surface area (Å²) >= 11 is 0. The predicted octanol–water partition coefficient (Wildman–Crippen LogP) is 6.16. The smallest absolute Gasteiger partial charge is 0.143 e. The number of aryl methyl sites for hydroxylation is 1. The fourth-order valence-electron chi connectivity index (χ4n) is 6.85. The average molecular weight is 968 g/mol. The monoisotopic (exact) mass is 968 g/mol. The van der Waals surface area contributed by atoms with E-state index in [4.69, 9.17) is 0 Å². The summed E-state index contributed by atoms with van der Waals surface area (Å²) in [4.78, 5) is 26.7. The van der Waals surface area contributed by atoms with Crippen LogP contribution in [0.1, 0.15) is 24.0 Å². The van der Waals surface area contributed by atoms with Crippen LogP contribution in [0.5, 0.6) is 0 Å². The average Bonchev–Trinajstić information content (AvgIpc) is 4.09. The van der Waals surface area contributed by atoms with Gasteiger partial charge in [-0.05, 0) is 37.1 Å². The van der Waals surface area contributed by atoms with Gasteiger partial charge in [-0.15, -0.1) is 29.9 Å². The minimum atomic E-state index is 0. The molecule has 0 amide bonds. The summed E-state index contributed by atoms with van der Waals surface area (Å²) in [5.41, 5.74) is 5.62. The van der Waals surface area contributed by atoms with Gasteiger partial charge in [-0.25, -0.2) is 35.5 Å². The molecule has 0 saturated carbocycles. The molecule has 303 valence electrons. The van der Waals surface area contributed by atoms with Crippen molar-refractivity contribution in [3.05, 3.63) is 183 Å². The van der Waals surface area contributed by atoms with Crippen molar-refractivity contribution >= 4 is 34.6 Å². The third-order valence-corrected chi connectivity index (χ3v) is 9.65. The van der Waals surface area contributed by atoms with Crippen molar-refractivity contribution < 1.29 is 24.8 Å². The van der Waals surface area contributed by atoms with Crippen LogP contribution in [-0.4, -0.2) is 57.9 Å². The number of para-hydroxylation sites is 2. The van der Waals surface area contributed by atoms with Crippen LogP contribution >= 0.6 is 0 Å². The van der Waals surface area contributed by atoms with Crippen LogP contribution in [0.25, 0.3) is 11.4 Å². The molecular formula is C45H39IrN14-5. The Bertz CT molecular complexity index is 2470. The van der Waals surface area contributed by atoms with Crippen LogP contribution in [0, 0.1) is 37.9 Å². The predicted molar refractivity (Wildman–Crippen MR) is 223 cm³/mol. The van der Waals surface area contributed by atoms with Crippen molar-refractivity contribution in [3.8, 4) is 11.4 Å². The molecule has 0 bridgehead atoms. The van der Waals surface area contributed by atoms with Gasteiger partial charge in [0.15, 0.2) is 0 Å². The fraction of sp³-hybridized carbons (Fsp3) is 0.156. The van der Waals surface area contributed by atoms with E-state index in [1.165, 1.54) is 5.56 Å². The molecule has 2 aliphatic rings. The number of unbranched alkanes of at least 4 members (excludes halogenated alkanes) is 1. The van der Waals surface area contributed by atoms with E-state index >= 15 is 0 Å². The molecule has 2 aliphatic heterocycles. The van der Waals surface area contributed by atoms with E-state index in [2.05, 4.69) is 107 Å². The Hall–Kier alpha value is -6.83. The van der Waals surface area contributed by atoms with Gasteiger partial charge < -0.3 is 24.3 Å². The van der Waals surface area contributed by atoms with Crippen molar-refractivity contribution in [1.29, 1.82) is 0 Å². The molecule has 10 rings (SSSR count). The van der Waals surface area contributed by atoms with E-state index < -0.39 is 0 Å². The SMILES string of the molecule is Cn1n[n+](Cc2ccccc2)[c-]c1-c1[c-]n(Cc2ccccc2)nn1.[Ir].[c-]1ccccc1N1[CH-]N(CCCCN2[CH-]N(c3[c-]cccc3)c3nccnc32)c2nccnc21. The maximum absolute atomic E-state index is 4.58. The topological polar surface area (TPSA) is 117 Å². The van der Waals surface area contributed by atoms with Crippen molar-refractivity contribution in [2.75, 3.05) is 32.7 Å². The van der Waals surface area contributed by atoms with Crippen molar-refractivity contribution in [3.63, 3.8) is 0 Å². The summed E-state index contributed by atoms with van der Waals surface area (Å²) in [6.45, 7) is 7.10. The fourth-order valence-corrected chi connectivity index (χ4v) is 6.85. The Balaban J connectivity index is 0.000000171. The summed E-state index contributed by atoms with van der Waals surface area (Å²) < 4.78 is 5.22. The molecule has 14 nitrogen and oxygen atoms in total. The molecule has 15 heteroatoms. The molecule has 0 fully saturated rings. The largest absolute Gasteiger partial charge is 0.485 e. The van der Waals surface area contributed by atoms with Gasteiger partial charge in [-0.2, -0.15) is 66.4 Å². The van der Waals surface area contributed by atoms with Gasteiger partial charge in [0.25, 0.3) is 0 Å². The molecule has 0 aliphatic carbocycles. The Morgan fingerprint density at radius 2 is 1.13 bits per heavy atom. The number of anilines is 6. The summed E-state index contributed by atoms with van der Waals surface area (Å²) in [7, 11) is 1.87. The first kappa shape index (κ1) is 40.0. The maximum atomic E-state index is 4.58. The zero-order valence-corrected chi connectivity index (χ0v) is 35.1. The van der Waals surface area contributed by atoms with Crippen LogP contribution < -0.4 is 24.3 Å². The Morgan fingerprint density at radius 1 is 0.617 bits per heavy atom. The normalized spacial score (nSPS) is 12.8. The first-order chi connectivity index (χ1) is 29.2. The Kier molecular flexibility index (Phi) is 12.5. The molecule has 0 N–H and O–H groups in total. The van der Waals surface area contributed by atoms with Gasteiger partial charge in [-0.3, -0.25) is 5.10 Å². The molecule has 1 radical (unpaired) electrons. The zero-order chi connectivity index (χ0) is 39.8. The Labute approximate surface area is 362 Å². The number of rotatable bonds is 12. The third-order valence-electron chi connectivity index (χ3n) is 9.65. The second kappa shape index (κ2) is 18.8. The first-order valence-corrected chi connectivity index (χ1v) is 19.3. The second-order valence-electron chi connectivity index (χ2n) is 13.8. The molecule has 8 aromatic rings. The van der Waals surface area contributed by atoms with Crippen LogP contribution in [0.2, 0.25) is 0 Å². The van der Waals surface area contributed by atoms with E-state index in [9.17, 15) is 0 Å². The van der Waals surface area contributed by atoms with E-state index in [0.29, 0.717) is 18.8 Å². The van der Waals surface area contributed by atoms with Gasteiger partial charge in [0.1, 0.15) is 29.8 Å². The number of hydrogen-bond acceptors (Lipinski definition) is 11. The molecule has 60 heavy (non-hydrogen) atoms. The summed E-state index contributed by atoms with van der Waals surface area (Å²) in [6.07, 6.45) is 15.3. The summed E-state index contributed by atoms with van der Waals surface area (Å²) in [5, 5.41) is 12.8. The molecule has 0 atom stereocenters. The minimum Gasteiger partial charge on any atom is -0.485 e. The molecule has 4 aromatic carbocycles. The van der Waals surface area contributed by atoms with E-state index in [1.807, 2.05) is 102 Å². The standard InChI is InChI=1S/C26H22N8.C19H17N6.Ir/c1-3-9-21(10-4-1)33-19-31(23-25(33)29-15-13-27-23)17-7-8-18-32-20-34(22-11-5-2-6-12-22)26-24(32)28-14-16-30-26;1-23-19(15-25(22-23)13-17-10-6-3-7-11-17)18-14-24(21-20-18)12-16-8-4-2-5-9-16;/h1-6,9,11,13-16,19-20H,7-8,17-18H2;2-11H,12-13H2,1H3;/q-4;-1;. The third kappa shape index (κ3) is 9.07. The maximum Gasteiger partial charge on any atom is 0.143 e. The van der Waals surface area contributed by atoms with Gasteiger partial charge in [-0.1, -0.05) is 72.6 Å². The number of nitrogens with zero attached hydrogens (tertiary/aromatic N) is 14.